The van der Waals surface area contributed by atoms with E-state index in [4.69, 9.17) is 0 Å². The van der Waals surface area contributed by atoms with Gasteiger partial charge in [0.25, 0.3) is 0 Å². The molecule has 1 atom stereocenters. The van der Waals surface area contributed by atoms with Crippen LogP contribution in [0.4, 0.5) is 0 Å². The second-order valence-electron chi connectivity index (χ2n) is 4.38. The first-order valence-electron chi connectivity index (χ1n) is 5.21. The fraction of sp³-hybridized carbons (Fsp3) is 1.00. The van der Waals surface area contributed by atoms with Crippen molar-refractivity contribution in [3.05, 3.63) is 0 Å². The largest absolute Gasteiger partial charge is 0.311 e. The van der Waals surface area contributed by atoms with Crippen LogP contribution in [0, 0.1) is 0 Å². The molecule has 0 spiro atoms. The Hall–Kier alpha value is -0.0900. The van der Waals surface area contributed by atoms with Crippen molar-refractivity contribution in [3.63, 3.8) is 0 Å². The van der Waals surface area contributed by atoms with Gasteiger partial charge in [-0.15, -0.1) is 0 Å². The van der Waals surface area contributed by atoms with E-state index < -0.39 is 9.84 Å². The maximum atomic E-state index is 11.5. The summed E-state index contributed by atoms with van der Waals surface area (Å²) in [6.07, 6.45) is 0.992. The Labute approximate surface area is 88.2 Å². The van der Waals surface area contributed by atoms with Crippen molar-refractivity contribution < 1.29 is 8.42 Å². The molecule has 0 aliphatic heterocycles. The van der Waals surface area contributed by atoms with Crippen molar-refractivity contribution in [1.82, 2.24) is 5.32 Å². The summed E-state index contributed by atoms with van der Waals surface area (Å²) in [5.41, 5.74) is 0.0253. The van der Waals surface area contributed by atoms with Crippen LogP contribution in [0.2, 0.25) is 0 Å². The Bertz CT molecular complexity index is 257. The summed E-state index contributed by atoms with van der Waals surface area (Å²) in [6, 6.07) is 0. The van der Waals surface area contributed by atoms with E-state index in [9.17, 15) is 8.42 Å². The van der Waals surface area contributed by atoms with Gasteiger partial charge in [-0.1, -0.05) is 13.8 Å². The molecule has 0 aromatic heterocycles. The molecule has 0 amide bonds. The molecule has 0 saturated heterocycles. The number of nitrogens with one attached hydrogen (secondary N) is 1. The molecule has 3 nitrogen and oxygen atoms in total. The average Bonchev–Trinajstić information content (AvgIpc) is 2.14. The molecule has 1 unspecified atom stereocenters. The van der Waals surface area contributed by atoms with Gasteiger partial charge in [-0.3, -0.25) is 0 Å². The normalized spacial score (nSPS) is 15.5. The van der Waals surface area contributed by atoms with Crippen LogP contribution >= 0.6 is 0 Å². The van der Waals surface area contributed by atoms with E-state index in [-0.39, 0.29) is 16.5 Å². The minimum Gasteiger partial charge on any atom is -0.311 e. The summed E-state index contributed by atoms with van der Waals surface area (Å²) in [4.78, 5) is 0. The number of sulfone groups is 1. The second-order valence-corrected chi connectivity index (χ2v) is 7.09. The van der Waals surface area contributed by atoms with Crippen LogP contribution in [0.5, 0.6) is 0 Å². The van der Waals surface area contributed by atoms with Crippen molar-refractivity contribution in [2.45, 2.75) is 51.8 Å². The minimum absolute atomic E-state index is 0.0253. The fourth-order valence-electron chi connectivity index (χ4n) is 0.957. The molecule has 4 heteroatoms. The number of hydrogen-bond donors (Lipinski definition) is 1. The van der Waals surface area contributed by atoms with Crippen LogP contribution < -0.4 is 5.32 Å². The number of rotatable bonds is 6. The highest BCUT2D eigenvalue weighted by atomic mass is 32.2. The summed E-state index contributed by atoms with van der Waals surface area (Å²) in [5, 5.41) is 2.98. The van der Waals surface area contributed by atoms with Gasteiger partial charge in [0.15, 0.2) is 9.84 Å². The van der Waals surface area contributed by atoms with E-state index in [2.05, 4.69) is 26.1 Å². The Kier molecular flexibility index (Phi) is 5.09. The van der Waals surface area contributed by atoms with Crippen LogP contribution in [-0.4, -0.2) is 31.5 Å². The lowest BCUT2D eigenvalue weighted by molar-refractivity contribution is 0.377. The van der Waals surface area contributed by atoms with Gasteiger partial charge in [0.1, 0.15) is 0 Å². The molecule has 0 saturated carbocycles. The van der Waals surface area contributed by atoms with E-state index in [1.807, 2.05) is 0 Å². The lowest BCUT2D eigenvalue weighted by atomic mass is 10.0. The lowest BCUT2D eigenvalue weighted by Crippen LogP contribution is -2.44. The molecule has 86 valence electrons. The monoisotopic (exact) mass is 221 g/mol. The van der Waals surface area contributed by atoms with Gasteiger partial charge >= 0.3 is 0 Å². The number of hydrogen-bond acceptors (Lipinski definition) is 3. The SMILES string of the molecule is CCC(C)(C)NCC(C)S(=O)(=O)CC. The van der Waals surface area contributed by atoms with Gasteiger partial charge in [0.05, 0.1) is 5.25 Å². The van der Waals surface area contributed by atoms with E-state index in [1.54, 1.807) is 13.8 Å². The van der Waals surface area contributed by atoms with Gasteiger partial charge in [0.2, 0.25) is 0 Å². The molecule has 0 aromatic rings. The maximum Gasteiger partial charge on any atom is 0.153 e. The molecule has 0 aliphatic carbocycles. The zero-order chi connectivity index (χ0) is 11.4. The highest BCUT2D eigenvalue weighted by Crippen LogP contribution is 2.08. The second kappa shape index (κ2) is 5.12. The molecule has 0 aliphatic rings. The molecule has 0 aromatic carbocycles. The van der Waals surface area contributed by atoms with Crippen molar-refractivity contribution in [2.75, 3.05) is 12.3 Å². The minimum atomic E-state index is -2.89. The van der Waals surface area contributed by atoms with Gasteiger partial charge < -0.3 is 5.32 Å². The molecular weight excluding hydrogens is 198 g/mol. The highest BCUT2D eigenvalue weighted by Gasteiger charge is 2.21. The van der Waals surface area contributed by atoms with E-state index in [0.717, 1.165) is 6.42 Å². The van der Waals surface area contributed by atoms with E-state index >= 15 is 0 Å². The quantitative estimate of drug-likeness (QED) is 0.741. The smallest absolute Gasteiger partial charge is 0.153 e. The van der Waals surface area contributed by atoms with Crippen molar-refractivity contribution in [3.8, 4) is 0 Å². The zero-order valence-corrected chi connectivity index (χ0v) is 10.7. The van der Waals surface area contributed by atoms with Gasteiger partial charge in [-0.2, -0.15) is 0 Å². The first kappa shape index (κ1) is 13.9. The van der Waals surface area contributed by atoms with Gasteiger partial charge in [0, 0.05) is 17.8 Å². The van der Waals surface area contributed by atoms with E-state index in [1.165, 1.54) is 0 Å². The van der Waals surface area contributed by atoms with Crippen molar-refractivity contribution in [1.29, 1.82) is 0 Å². The third-order valence-electron chi connectivity index (χ3n) is 2.77. The average molecular weight is 221 g/mol. The summed E-state index contributed by atoms with van der Waals surface area (Å²) < 4.78 is 22.9. The molecule has 0 bridgehead atoms. The van der Waals surface area contributed by atoms with Gasteiger partial charge in [-0.25, -0.2) is 8.42 Å². The third-order valence-corrected chi connectivity index (χ3v) is 4.96. The first-order valence-corrected chi connectivity index (χ1v) is 6.93. The molecule has 14 heavy (non-hydrogen) atoms. The van der Waals surface area contributed by atoms with Crippen LogP contribution in [-0.2, 0) is 9.84 Å². The molecule has 0 heterocycles. The predicted octanol–water partition coefficient (Wildman–Crippen LogP) is 1.59. The summed E-state index contributed by atoms with van der Waals surface area (Å²) >= 11 is 0. The van der Waals surface area contributed by atoms with Gasteiger partial charge in [-0.05, 0) is 27.2 Å². The summed E-state index contributed by atoms with van der Waals surface area (Å²) in [7, 11) is -2.89. The highest BCUT2D eigenvalue weighted by molar-refractivity contribution is 7.92. The first-order chi connectivity index (χ1) is 6.25. The lowest BCUT2D eigenvalue weighted by Gasteiger charge is -2.26. The zero-order valence-electron chi connectivity index (χ0n) is 9.92. The molecule has 0 radical (unpaired) electrons. The standard InChI is InChI=1S/C10H23NO2S/c1-6-10(4,5)11-8-9(3)14(12,13)7-2/h9,11H,6-8H2,1-5H3. The van der Waals surface area contributed by atoms with Crippen molar-refractivity contribution in [2.24, 2.45) is 0 Å². The Morgan fingerprint density at radius 2 is 1.79 bits per heavy atom. The molecule has 0 rings (SSSR count). The Morgan fingerprint density at radius 3 is 2.14 bits per heavy atom. The maximum absolute atomic E-state index is 11.5. The van der Waals surface area contributed by atoms with Crippen LogP contribution in [0.3, 0.4) is 0 Å². The molecular formula is C10H23NO2S. The Morgan fingerprint density at radius 1 is 1.29 bits per heavy atom. The van der Waals surface area contributed by atoms with E-state index in [0.29, 0.717) is 6.54 Å². The Balaban J connectivity index is 4.17. The van der Waals surface area contributed by atoms with Crippen LogP contribution in [0.1, 0.15) is 41.0 Å². The van der Waals surface area contributed by atoms with Crippen LogP contribution in [0.15, 0.2) is 0 Å². The topological polar surface area (TPSA) is 46.2 Å². The predicted molar refractivity (Wildman–Crippen MR) is 61.3 cm³/mol. The van der Waals surface area contributed by atoms with Crippen molar-refractivity contribution >= 4 is 9.84 Å². The molecule has 0 fully saturated rings. The summed E-state index contributed by atoms with van der Waals surface area (Å²) in [5.74, 6) is 0.225. The fourth-order valence-corrected chi connectivity index (χ4v) is 1.86. The third kappa shape index (κ3) is 4.42. The van der Waals surface area contributed by atoms with Crippen LogP contribution in [0.25, 0.3) is 0 Å². The summed E-state index contributed by atoms with van der Waals surface area (Å²) in [6.45, 7) is 10.2. The molecule has 1 N–H and O–H groups in total.